The van der Waals surface area contributed by atoms with E-state index in [4.69, 9.17) is 14.0 Å². The Morgan fingerprint density at radius 3 is 1.95 bits per heavy atom. The lowest BCUT2D eigenvalue weighted by atomic mass is 10.0. The van der Waals surface area contributed by atoms with Crippen molar-refractivity contribution in [3.8, 4) is 0 Å². The van der Waals surface area contributed by atoms with Crippen molar-refractivity contribution in [2.45, 2.75) is 135 Å². The summed E-state index contributed by atoms with van der Waals surface area (Å²) in [5.41, 5.74) is 0.787. The van der Waals surface area contributed by atoms with Gasteiger partial charge in [0.15, 0.2) is 0 Å². The SMILES string of the molecule is CCCCCCCCCCCCCCCCOC(C)CCC(OP(=O)(O)O)=S1CC[N+](C)(C)C1(OC(C)=O)c1ccccc1. The Morgan fingerprint density at radius 1 is 0.932 bits per heavy atom. The Bertz CT molecular complexity index is 1050. The summed E-state index contributed by atoms with van der Waals surface area (Å²) in [7, 11) is -1.76. The van der Waals surface area contributed by atoms with Crippen LogP contribution in [0.4, 0.5) is 0 Å². The molecule has 1 aliphatic heterocycles. The molecule has 0 spiro atoms. The van der Waals surface area contributed by atoms with E-state index < -0.39 is 29.3 Å². The summed E-state index contributed by atoms with van der Waals surface area (Å²) >= 11 is 0. The number of benzene rings is 1. The predicted molar refractivity (Wildman–Crippen MR) is 182 cm³/mol. The monoisotopic (exact) mass is 658 g/mol. The lowest BCUT2D eigenvalue weighted by molar-refractivity contribution is -0.947. The van der Waals surface area contributed by atoms with Crippen LogP contribution in [0.25, 0.3) is 0 Å². The van der Waals surface area contributed by atoms with E-state index in [2.05, 4.69) is 6.92 Å². The summed E-state index contributed by atoms with van der Waals surface area (Å²) < 4.78 is 30.1. The minimum absolute atomic E-state index is 0.0964. The van der Waals surface area contributed by atoms with Gasteiger partial charge >= 0.3 is 18.8 Å². The molecule has 3 unspecified atom stereocenters. The third-order valence-corrected chi connectivity index (χ3v) is 12.0. The minimum atomic E-state index is -4.83. The van der Waals surface area contributed by atoms with Gasteiger partial charge in [-0.2, -0.15) is 0 Å². The number of quaternary nitrogens is 1. The first-order chi connectivity index (χ1) is 20.9. The molecular weight excluding hydrogens is 597 g/mol. The summed E-state index contributed by atoms with van der Waals surface area (Å²) in [6.07, 6.45) is 19.1. The van der Waals surface area contributed by atoms with Crippen LogP contribution in [0.1, 0.15) is 129 Å². The zero-order valence-electron chi connectivity index (χ0n) is 28.1. The molecule has 44 heavy (non-hydrogen) atoms. The van der Waals surface area contributed by atoms with Gasteiger partial charge in [-0.25, -0.2) is 9.09 Å². The van der Waals surface area contributed by atoms with Gasteiger partial charge in [0.2, 0.25) is 0 Å². The standard InChI is InChI=1S/C34H60NO7PS/c1-6-7-8-9-10-11-12-13-14-15-16-17-18-22-28-40-30(2)25-26-33(42-43(37,38)39)44-29-27-35(4,5)34(44,41-31(3)36)32-23-20-19-21-24-32/h19-21,23-24,30H,6-18,22,25-29H2,1-5H3,(H-,37,38,39)/p+1. The Balaban J connectivity index is 1.87. The normalized spacial score (nSPS) is 20.9. The molecule has 254 valence electrons. The van der Waals surface area contributed by atoms with Crippen molar-refractivity contribution in [3.63, 3.8) is 0 Å². The second-order valence-corrected chi connectivity index (χ2v) is 16.2. The molecule has 2 rings (SSSR count). The van der Waals surface area contributed by atoms with Crippen molar-refractivity contribution < 1.29 is 37.6 Å². The van der Waals surface area contributed by atoms with Crippen LogP contribution < -0.4 is 0 Å². The number of carbonyl (C=O) groups excluding carboxylic acids is 1. The Morgan fingerprint density at radius 2 is 1.45 bits per heavy atom. The third-order valence-electron chi connectivity index (χ3n) is 8.56. The van der Waals surface area contributed by atoms with Crippen LogP contribution >= 0.6 is 18.3 Å². The number of phosphoric acid groups is 1. The highest BCUT2D eigenvalue weighted by atomic mass is 32.2. The van der Waals surface area contributed by atoms with Crippen LogP contribution in [0, 0.1) is 0 Å². The van der Waals surface area contributed by atoms with Crippen molar-refractivity contribution in [3.05, 3.63) is 35.9 Å². The number of hydrogen-bond donors (Lipinski definition) is 2. The van der Waals surface area contributed by atoms with Crippen molar-refractivity contribution in [2.75, 3.05) is 33.0 Å². The van der Waals surface area contributed by atoms with E-state index >= 15 is 0 Å². The summed E-state index contributed by atoms with van der Waals surface area (Å²) in [6.45, 7) is 6.96. The molecule has 0 amide bonds. The Hall–Kier alpha value is -1.06. The van der Waals surface area contributed by atoms with E-state index in [0.717, 1.165) is 18.4 Å². The van der Waals surface area contributed by atoms with Crippen LogP contribution in [0.5, 0.6) is 0 Å². The number of carbonyl (C=O) groups is 1. The predicted octanol–water partition coefficient (Wildman–Crippen LogP) is 8.62. The maximum absolute atomic E-state index is 12.5. The topological polar surface area (TPSA) is 102 Å². The largest absolute Gasteiger partial charge is 0.474 e. The number of esters is 1. The molecule has 1 aromatic carbocycles. The molecule has 1 aromatic rings. The molecule has 3 atom stereocenters. The van der Waals surface area contributed by atoms with Crippen molar-refractivity contribution in [1.29, 1.82) is 0 Å². The molecular formula is C34H61NO7PS+. The molecule has 0 aliphatic carbocycles. The van der Waals surface area contributed by atoms with Gasteiger partial charge in [0.05, 0.1) is 37.4 Å². The number of phosphoric ester groups is 1. The maximum Gasteiger partial charge on any atom is 0.474 e. The van der Waals surface area contributed by atoms with Gasteiger partial charge in [0, 0.05) is 25.7 Å². The minimum Gasteiger partial charge on any atom is -0.396 e. The third kappa shape index (κ3) is 13.4. The van der Waals surface area contributed by atoms with Gasteiger partial charge in [-0.3, -0.25) is 9.28 Å². The fourth-order valence-corrected chi connectivity index (χ4v) is 10.2. The van der Waals surface area contributed by atoms with E-state index in [1.54, 1.807) is 0 Å². The number of ether oxygens (including phenoxy) is 2. The molecule has 0 bridgehead atoms. The van der Waals surface area contributed by atoms with Crippen LogP contribution in [-0.4, -0.2) is 64.4 Å². The molecule has 0 saturated carbocycles. The zero-order valence-corrected chi connectivity index (χ0v) is 29.8. The van der Waals surface area contributed by atoms with Gasteiger partial charge < -0.3 is 19.3 Å². The highest BCUT2D eigenvalue weighted by molar-refractivity contribution is 8.16. The quantitative estimate of drug-likeness (QED) is 0.0423. The first-order valence-corrected chi connectivity index (χ1v) is 19.9. The summed E-state index contributed by atoms with van der Waals surface area (Å²) in [5.74, 6) is 0.138. The first kappa shape index (κ1) is 39.1. The van der Waals surface area contributed by atoms with Crippen LogP contribution in [0.15, 0.2) is 30.3 Å². The summed E-state index contributed by atoms with van der Waals surface area (Å²) in [4.78, 5) is 32.1. The van der Waals surface area contributed by atoms with Gasteiger partial charge in [0.25, 0.3) is 0 Å². The average Bonchev–Trinajstić information content (AvgIpc) is 3.22. The fourth-order valence-electron chi connectivity index (χ4n) is 6.07. The lowest BCUT2D eigenvalue weighted by Crippen LogP contribution is -2.54. The van der Waals surface area contributed by atoms with Gasteiger partial charge in [-0.05, 0) is 42.4 Å². The Kier molecular flexibility index (Phi) is 18.0. The van der Waals surface area contributed by atoms with Gasteiger partial charge in [-0.15, -0.1) is 0 Å². The highest BCUT2D eigenvalue weighted by Gasteiger charge is 2.59. The van der Waals surface area contributed by atoms with Crippen molar-refractivity contribution >= 4 is 29.3 Å². The molecule has 8 nitrogen and oxygen atoms in total. The van der Waals surface area contributed by atoms with E-state index in [1.807, 2.05) is 51.4 Å². The number of unbranched alkanes of at least 4 members (excludes halogenated alkanes) is 13. The number of nitrogens with zero attached hydrogens (tertiary/aromatic N) is 1. The molecule has 10 heteroatoms. The van der Waals surface area contributed by atoms with Crippen LogP contribution in [0.3, 0.4) is 0 Å². The van der Waals surface area contributed by atoms with E-state index in [9.17, 15) is 19.1 Å². The fraction of sp³-hybridized carbons (Fsp3) is 0.765. The molecule has 1 aliphatic rings. The van der Waals surface area contributed by atoms with Crippen molar-refractivity contribution in [2.24, 2.45) is 0 Å². The second-order valence-electron chi connectivity index (χ2n) is 12.8. The van der Waals surface area contributed by atoms with Crippen LogP contribution in [0.2, 0.25) is 0 Å². The molecule has 1 saturated heterocycles. The first-order valence-electron chi connectivity index (χ1n) is 16.9. The van der Waals surface area contributed by atoms with E-state index in [0.29, 0.717) is 41.3 Å². The zero-order chi connectivity index (χ0) is 32.5. The molecule has 1 heterocycles. The smallest absolute Gasteiger partial charge is 0.396 e. The maximum atomic E-state index is 12.5. The van der Waals surface area contributed by atoms with E-state index in [-0.39, 0.29) is 6.10 Å². The summed E-state index contributed by atoms with van der Waals surface area (Å²) in [5, 5.41) is -0.852. The van der Waals surface area contributed by atoms with E-state index in [1.165, 1.54) is 84.0 Å². The molecule has 0 radical (unpaired) electrons. The number of hydrogen-bond acceptors (Lipinski definition) is 5. The Labute approximate surface area is 270 Å². The number of rotatable bonds is 22. The average molecular weight is 659 g/mol. The van der Waals surface area contributed by atoms with Gasteiger partial charge in [0.1, 0.15) is 0 Å². The molecule has 1 fully saturated rings. The second kappa shape index (κ2) is 20.2. The highest BCUT2D eigenvalue weighted by Crippen LogP contribution is 2.56. The van der Waals surface area contributed by atoms with Crippen molar-refractivity contribution in [1.82, 2.24) is 0 Å². The summed E-state index contributed by atoms with van der Waals surface area (Å²) in [6, 6.07) is 9.48. The molecule has 0 aromatic heterocycles. The lowest BCUT2D eigenvalue weighted by Gasteiger charge is -2.42. The molecule has 2 N–H and O–H groups in total. The van der Waals surface area contributed by atoms with Crippen LogP contribution in [-0.2, 0) is 28.4 Å². The van der Waals surface area contributed by atoms with Gasteiger partial charge in [-0.1, -0.05) is 109 Å².